The Morgan fingerprint density at radius 1 is 0.750 bits per heavy atom. The number of para-hydroxylation sites is 2. The van der Waals surface area contributed by atoms with Crippen LogP contribution in [0.1, 0.15) is 29.0 Å². The molecule has 0 spiro atoms. The zero-order valence-corrected chi connectivity index (χ0v) is 24.0. The molecule has 0 unspecified atom stereocenters. The highest BCUT2D eigenvalue weighted by Gasteiger charge is 2.23. The standard InChI is InChI=1S/C36H28N6O2/c1-37-30-21-10-8-19-28(30)35(43)42-31-22-11-9-20-29(31)36(44)41(42)27-18-12-17-26(23-27)34-39-32(24-13-4-2-5-14-24)38-33(40-34)25-15-6-3-7-16-25/h2,4-6,8-23,37H,3,7H2,1H3. The van der Waals surface area contributed by atoms with Gasteiger partial charge in [0.15, 0.2) is 17.5 Å². The highest BCUT2D eigenvalue weighted by Crippen LogP contribution is 2.27. The molecule has 1 N–H and O–H groups in total. The van der Waals surface area contributed by atoms with Gasteiger partial charge in [0.1, 0.15) is 0 Å². The molecule has 8 heteroatoms. The smallest absolute Gasteiger partial charge is 0.279 e. The minimum absolute atomic E-state index is 0.299. The summed E-state index contributed by atoms with van der Waals surface area (Å²) in [5, 5.41) is 3.53. The molecule has 0 aliphatic heterocycles. The molecule has 0 atom stereocenters. The molecule has 0 bridgehead atoms. The van der Waals surface area contributed by atoms with E-state index in [1.807, 2.05) is 84.9 Å². The molecule has 1 aliphatic rings. The summed E-state index contributed by atoms with van der Waals surface area (Å²) in [5.74, 6) is 1.28. The number of fused-ring (bicyclic) bond motifs is 1. The third kappa shape index (κ3) is 4.82. The van der Waals surface area contributed by atoms with Gasteiger partial charge in [-0.3, -0.25) is 9.59 Å². The predicted octanol–water partition coefficient (Wildman–Crippen LogP) is 6.77. The summed E-state index contributed by atoms with van der Waals surface area (Å²) in [6.07, 6.45) is 8.20. The van der Waals surface area contributed by atoms with E-state index >= 15 is 0 Å². The van der Waals surface area contributed by atoms with Crippen molar-refractivity contribution in [3.8, 4) is 28.5 Å². The number of benzene rings is 4. The molecule has 0 saturated carbocycles. The first-order valence-corrected chi connectivity index (χ1v) is 14.5. The topological polar surface area (TPSA) is 94.7 Å². The summed E-state index contributed by atoms with van der Waals surface area (Å²) in [6, 6.07) is 31.6. The Hall–Kier alpha value is -5.89. The summed E-state index contributed by atoms with van der Waals surface area (Å²) >= 11 is 0. The van der Waals surface area contributed by atoms with Gasteiger partial charge in [-0.25, -0.2) is 24.3 Å². The Morgan fingerprint density at radius 2 is 1.45 bits per heavy atom. The van der Waals surface area contributed by atoms with E-state index in [1.165, 1.54) is 9.36 Å². The summed E-state index contributed by atoms with van der Waals surface area (Å²) in [4.78, 5) is 42.6. The zero-order chi connectivity index (χ0) is 30.0. The van der Waals surface area contributed by atoms with Crippen LogP contribution in [0.4, 0.5) is 5.69 Å². The Bertz CT molecular complexity index is 2160. The first-order chi connectivity index (χ1) is 21.6. The van der Waals surface area contributed by atoms with E-state index in [2.05, 4.69) is 17.5 Å². The molecule has 0 saturated heterocycles. The maximum absolute atomic E-state index is 14.1. The van der Waals surface area contributed by atoms with Crippen LogP contribution in [0.5, 0.6) is 0 Å². The van der Waals surface area contributed by atoms with E-state index < -0.39 is 0 Å². The zero-order valence-electron chi connectivity index (χ0n) is 24.0. The van der Waals surface area contributed by atoms with E-state index in [9.17, 15) is 9.59 Å². The highest BCUT2D eigenvalue weighted by atomic mass is 16.2. The Labute approximate surface area is 253 Å². The molecule has 1 aliphatic carbocycles. The molecule has 4 aromatic carbocycles. The predicted molar refractivity (Wildman–Crippen MR) is 174 cm³/mol. The third-order valence-corrected chi connectivity index (χ3v) is 7.64. The van der Waals surface area contributed by atoms with E-state index in [0.717, 1.165) is 24.0 Å². The molecular weight excluding hydrogens is 548 g/mol. The molecule has 2 aromatic heterocycles. The van der Waals surface area contributed by atoms with Gasteiger partial charge in [-0.15, -0.1) is 0 Å². The van der Waals surface area contributed by atoms with E-state index in [-0.39, 0.29) is 11.5 Å². The lowest BCUT2D eigenvalue weighted by Crippen LogP contribution is -2.27. The number of rotatable bonds is 6. The van der Waals surface area contributed by atoms with Crippen LogP contribution in [-0.2, 0) is 0 Å². The number of carbonyl (C=O) groups is 1. The van der Waals surface area contributed by atoms with Crippen molar-refractivity contribution in [1.82, 2.24) is 24.3 Å². The maximum atomic E-state index is 14.1. The van der Waals surface area contributed by atoms with Gasteiger partial charge in [-0.05, 0) is 49.2 Å². The van der Waals surface area contributed by atoms with Gasteiger partial charge in [-0.1, -0.05) is 85.0 Å². The molecule has 0 fully saturated rings. The Morgan fingerprint density at radius 3 is 2.25 bits per heavy atom. The Kier molecular flexibility index (Phi) is 7.00. The van der Waals surface area contributed by atoms with Crippen molar-refractivity contribution in [1.29, 1.82) is 0 Å². The molecule has 214 valence electrons. The molecule has 8 nitrogen and oxygen atoms in total. The molecular formula is C36H28N6O2. The van der Waals surface area contributed by atoms with Gasteiger partial charge >= 0.3 is 0 Å². The van der Waals surface area contributed by atoms with Crippen LogP contribution in [0.3, 0.4) is 0 Å². The van der Waals surface area contributed by atoms with Gasteiger partial charge in [0.05, 0.1) is 22.2 Å². The van der Waals surface area contributed by atoms with Crippen molar-refractivity contribution < 1.29 is 4.79 Å². The maximum Gasteiger partial charge on any atom is 0.279 e. The van der Waals surface area contributed by atoms with Crippen LogP contribution in [0, 0.1) is 0 Å². The van der Waals surface area contributed by atoms with Crippen molar-refractivity contribution >= 4 is 28.1 Å². The highest BCUT2D eigenvalue weighted by molar-refractivity contribution is 6.05. The van der Waals surface area contributed by atoms with Gasteiger partial charge in [0, 0.05) is 29.4 Å². The lowest BCUT2D eigenvalue weighted by molar-refractivity contribution is 0.0942. The number of nitrogens with zero attached hydrogens (tertiary/aromatic N) is 5. The van der Waals surface area contributed by atoms with Gasteiger partial charge in [0.25, 0.3) is 11.5 Å². The van der Waals surface area contributed by atoms with Gasteiger partial charge in [0.2, 0.25) is 0 Å². The fourth-order valence-corrected chi connectivity index (χ4v) is 5.49. The quantitative estimate of drug-likeness (QED) is 0.235. The number of allylic oxidation sites excluding steroid dienone is 4. The second kappa shape index (κ2) is 11.4. The number of anilines is 1. The monoisotopic (exact) mass is 576 g/mol. The van der Waals surface area contributed by atoms with E-state index in [0.29, 0.717) is 50.9 Å². The summed E-state index contributed by atoms with van der Waals surface area (Å²) in [7, 11) is 1.77. The fraction of sp³-hybridized carbons (Fsp3) is 0.0833. The number of carbonyl (C=O) groups excluding carboxylic acids is 1. The average Bonchev–Trinajstić information content (AvgIpc) is 3.40. The summed E-state index contributed by atoms with van der Waals surface area (Å²) < 4.78 is 2.87. The van der Waals surface area contributed by atoms with Gasteiger partial charge < -0.3 is 5.32 Å². The number of aromatic nitrogens is 5. The number of hydrogen-bond acceptors (Lipinski definition) is 6. The fourth-order valence-electron chi connectivity index (χ4n) is 5.49. The lowest BCUT2D eigenvalue weighted by atomic mass is 10.1. The minimum Gasteiger partial charge on any atom is -0.387 e. The second-order valence-electron chi connectivity index (χ2n) is 10.4. The summed E-state index contributed by atoms with van der Waals surface area (Å²) in [6.45, 7) is 0. The SMILES string of the molecule is CNc1ccccc1C(=O)n1c2ccccc2c(=O)n1-c1cccc(-c2nc(C3=CCCC=C3)nc(-c3ccccc3)n2)c1. The first-order valence-electron chi connectivity index (χ1n) is 14.5. The molecule has 0 amide bonds. The average molecular weight is 577 g/mol. The molecule has 44 heavy (non-hydrogen) atoms. The largest absolute Gasteiger partial charge is 0.387 e. The van der Waals surface area contributed by atoms with E-state index in [1.54, 1.807) is 31.3 Å². The van der Waals surface area contributed by atoms with Crippen LogP contribution in [-0.4, -0.2) is 37.3 Å². The first kappa shape index (κ1) is 27.0. The number of nitrogens with one attached hydrogen (secondary N) is 1. The van der Waals surface area contributed by atoms with Crippen LogP contribution in [0.25, 0.3) is 44.9 Å². The molecule has 7 rings (SSSR count). The Balaban J connectivity index is 1.42. The van der Waals surface area contributed by atoms with Crippen molar-refractivity contribution in [3.63, 3.8) is 0 Å². The second-order valence-corrected chi connectivity index (χ2v) is 10.4. The van der Waals surface area contributed by atoms with Crippen LogP contribution >= 0.6 is 0 Å². The molecule has 2 heterocycles. The van der Waals surface area contributed by atoms with Crippen molar-refractivity contribution in [3.05, 3.63) is 143 Å². The third-order valence-electron chi connectivity index (χ3n) is 7.64. The molecule has 0 radical (unpaired) electrons. The van der Waals surface area contributed by atoms with Crippen molar-refractivity contribution in [2.24, 2.45) is 0 Å². The van der Waals surface area contributed by atoms with Crippen LogP contribution < -0.4 is 10.9 Å². The summed E-state index contributed by atoms with van der Waals surface area (Å²) in [5.41, 5.74) is 4.35. The normalized spacial score (nSPS) is 12.7. The van der Waals surface area contributed by atoms with Crippen LogP contribution in [0.2, 0.25) is 0 Å². The van der Waals surface area contributed by atoms with Crippen LogP contribution in [0.15, 0.2) is 126 Å². The van der Waals surface area contributed by atoms with Crippen molar-refractivity contribution in [2.45, 2.75) is 12.8 Å². The van der Waals surface area contributed by atoms with Crippen molar-refractivity contribution in [2.75, 3.05) is 12.4 Å². The van der Waals surface area contributed by atoms with E-state index in [4.69, 9.17) is 15.0 Å². The minimum atomic E-state index is -0.330. The number of hydrogen-bond donors (Lipinski definition) is 1. The molecule has 6 aromatic rings. The van der Waals surface area contributed by atoms with Gasteiger partial charge in [-0.2, -0.15) is 0 Å². The lowest BCUT2D eigenvalue weighted by Gasteiger charge is -2.15.